The molecular weight excluding hydrogens is 408 g/mol. The van der Waals surface area contributed by atoms with E-state index >= 15 is 0 Å². The molecule has 2 amide bonds. The zero-order chi connectivity index (χ0) is 21.6. The van der Waals surface area contributed by atoms with Gasteiger partial charge >= 0.3 is 0 Å². The summed E-state index contributed by atoms with van der Waals surface area (Å²) in [6.07, 6.45) is 2.05. The first-order chi connectivity index (χ1) is 15.1. The highest BCUT2D eigenvalue weighted by Gasteiger charge is 2.38. The Morgan fingerprint density at radius 2 is 1.65 bits per heavy atom. The maximum Gasteiger partial charge on any atom is 0.280 e. The first-order valence-electron chi connectivity index (χ1n) is 9.88. The molecule has 0 spiro atoms. The Morgan fingerprint density at radius 3 is 2.29 bits per heavy atom. The van der Waals surface area contributed by atoms with Crippen molar-refractivity contribution in [2.45, 2.75) is 11.8 Å². The largest absolute Gasteiger partial charge is 0.497 e. The summed E-state index contributed by atoms with van der Waals surface area (Å²) in [6, 6.07) is 26.7. The fraction of sp³-hybridized carbons (Fsp3) is 0.120. The number of nitrogens with one attached hydrogen (secondary N) is 1. The molecule has 0 saturated carbocycles. The van der Waals surface area contributed by atoms with E-state index in [2.05, 4.69) is 5.43 Å². The van der Waals surface area contributed by atoms with Crippen LogP contribution in [0.25, 0.3) is 6.08 Å². The van der Waals surface area contributed by atoms with Crippen molar-refractivity contribution in [1.29, 1.82) is 0 Å². The number of methoxy groups -OCH3 is 1. The zero-order valence-corrected chi connectivity index (χ0v) is 17.8. The Balaban J connectivity index is 1.60. The molecule has 0 radical (unpaired) electrons. The second-order valence-corrected chi connectivity index (χ2v) is 8.16. The number of carbonyl (C=O) groups is 2. The Hall–Kier alpha value is -3.51. The fourth-order valence-electron chi connectivity index (χ4n) is 3.30. The van der Waals surface area contributed by atoms with E-state index in [1.807, 2.05) is 91.0 Å². The predicted octanol–water partition coefficient (Wildman–Crippen LogP) is 4.58. The molecule has 1 heterocycles. The molecule has 0 aromatic heterocycles. The number of thioether (sulfide) groups is 1. The fourth-order valence-corrected chi connectivity index (χ4v) is 4.49. The number of nitrogens with zero attached hydrogens (tertiary/aromatic N) is 1. The van der Waals surface area contributed by atoms with Crippen LogP contribution in [0.2, 0.25) is 0 Å². The summed E-state index contributed by atoms with van der Waals surface area (Å²) in [5, 5.41) is 1.06. The maximum absolute atomic E-state index is 13.2. The van der Waals surface area contributed by atoms with Crippen molar-refractivity contribution < 1.29 is 14.3 Å². The molecule has 1 saturated heterocycles. The number of hydrogen-bond acceptors (Lipinski definition) is 4. The van der Waals surface area contributed by atoms with E-state index in [1.165, 1.54) is 16.8 Å². The molecule has 31 heavy (non-hydrogen) atoms. The molecule has 1 fully saturated rings. The van der Waals surface area contributed by atoms with Crippen molar-refractivity contribution in [2.24, 2.45) is 0 Å². The zero-order valence-electron chi connectivity index (χ0n) is 17.0. The van der Waals surface area contributed by atoms with Crippen molar-refractivity contribution in [1.82, 2.24) is 10.4 Å². The van der Waals surface area contributed by atoms with Crippen LogP contribution in [-0.2, 0) is 16.0 Å². The Morgan fingerprint density at radius 1 is 1.00 bits per heavy atom. The summed E-state index contributed by atoms with van der Waals surface area (Å²) in [5.41, 5.74) is 5.54. The van der Waals surface area contributed by atoms with Crippen molar-refractivity contribution in [2.75, 3.05) is 7.11 Å². The molecule has 4 rings (SSSR count). The van der Waals surface area contributed by atoms with Gasteiger partial charge in [-0.15, -0.1) is 0 Å². The maximum atomic E-state index is 13.2. The minimum atomic E-state index is -0.368. The highest BCUT2D eigenvalue weighted by molar-refractivity contribution is 8.04. The van der Waals surface area contributed by atoms with E-state index in [1.54, 1.807) is 7.11 Å². The average molecular weight is 431 g/mol. The molecule has 0 aliphatic carbocycles. The standard InChI is InChI=1S/C25H22N2O3S/c1-30-21-14-12-20(13-15-21)25-27(26-23(28)17-19-10-6-3-7-11-19)24(29)22(31-25)16-18-8-4-2-5-9-18/h2-16,25H,17H2,1H3,(H,26,28)/b22-16+/t25-/m0/s1. The lowest BCUT2D eigenvalue weighted by atomic mass is 10.1. The average Bonchev–Trinajstić information content (AvgIpc) is 3.10. The first-order valence-corrected chi connectivity index (χ1v) is 10.8. The van der Waals surface area contributed by atoms with Crippen molar-refractivity contribution in [3.8, 4) is 5.75 Å². The smallest absolute Gasteiger partial charge is 0.280 e. The van der Waals surface area contributed by atoms with Crippen LogP contribution in [0.1, 0.15) is 22.1 Å². The van der Waals surface area contributed by atoms with Crippen molar-refractivity contribution in [3.05, 3.63) is 107 Å². The normalized spacial score (nSPS) is 17.1. The Kier molecular flexibility index (Phi) is 6.38. The highest BCUT2D eigenvalue weighted by Crippen LogP contribution is 2.45. The topological polar surface area (TPSA) is 58.6 Å². The van der Waals surface area contributed by atoms with Crippen molar-refractivity contribution in [3.63, 3.8) is 0 Å². The third-order valence-corrected chi connectivity index (χ3v) is 6.11. The monoisotopic (exact) mass is 430 g/mol. The van der Waals surface area contributed by atoms with E-state index in [-0.39, 0.29) is 23.6 Å². The summed E-state index contributed by atoms with van der Waals surface area (Å²) in [6.45, 7) is 0. The molecule has 0 unspecified atom stereocenters. The Labute approximate surface area is 185 Å². The van der Waals surface area contributed by atoms with Crippen LogP contribution in [0.15, 0.2) is 89.8 Å². The lowest BCUT2D eigenvalue weighted by molar-refractivity contribution is -0.137. The van der Waals surface area contributed by atoms with Gasteiger partial charge in [0.1, 0.15) is 11.1 Å². The van der Waals surface area contributed by atoms with Crippen LogP contribution < -0.4 is 10.2 Å². The number of carbonyl (C=O) groups excluding carboxylic acids is 2. The van der Waals surface area contributed by atoms with Crippen LogP contribution in [0.5, 0.6) is 5.75 Å². The van der Waals surface area contributed by atoms with Gasteiger partial charge in [0.2, 0.25) is 5.91 Å². The molecule has 1 aliphatic heterocycles. The minimum absolute atomic E-state index is 0.197. The van der Waals surface area contributed by atoms with E-state index in [0.717, 1.165) is 22.4 Å². The third-order valence-electron chi connectivity index (χ3n) is 4.85. The number of hydrogen-bond donors (Lipinski definition) is 1. The lowest BCUT2D eigenvalue weighted by Gasteiger charge is -2.24. The molecule has 3 aromatic rings. The van der Waals surface area contributed by atoms with Gasteiger partial charge in [-0.25, -0.2) is 5.01 Å². The van der Waals surface area contributed by atoms with Gasteiger partial charge in [-0.2, -0.15) is 0 Å². The van der Waals surface area contributed by atoms with Crippen LogP contribution in [-0.4, -0.2) is 23.9 Å². The van der Waals surface area contributed by atoms with Gasteiger partial charge in [-0.05, 0) is 34.9 Å². The number of amides is 2. The quantitative estimate of drug-likeness (QED) is 0.582. The van der Waals surface area contributed by atoms with E-state index in [9.17, 15) is 9.59 Å². The summed E-state index contributed by atoms with van der Waals surface area (Å²) < 4.78 is 5.24. The van der Waals surface area contributed by atoms with Crippen LogP contribution >= 0.6 is 11.8 Å². The number of ether oxygens (including phenoxy) is 1. The van der Waals surface area contributed by atoms with Gasteiger partial charge < -0.3 is 4.74 Å². The van der Waals surface area contributed by atoms with Gasteiger partial charge in [0.25, 0.3) is 5.91 Å². The first kappa shape index (κ1) is 20.8. The molecule has 156 valence electrons. The van der Waals surface area contributed by atoms with E-state index in [4.69, 9.17) is 4.74 Å². The summed E-state index contributed by atoms with van der Waals surface area (Å²) in [4.78, 5) is 26.5. The summed E-state index contributed by atoms with van der Waals surface area (Å²) in [7, 11) is 1.61. The summed E-state index contributed by atoms with van der Waals surface area (Å²) in [5.74, 6) is 0.272. The SMILES string of the molecule is COc1ccc([C@@H]2S/C(=C/c3ccccc3)C(=O)N2NC(=O)Cc2ccccc2)cc1. The van der Waals surface area contributed by atoms with Gasteiger partial charge in [-0.1, -0.05) is 84.6 Å². The molecule has 1 atom stereocenters. The van der Waals surface area contributed by atoms with E-state index < -0.39 is 0 Å². The van der Waals surface area contributed by atoms with Crippen LogP contribution in [0, 0.1) is 0 Å². The van der Waals surface area contributed by atoms with Crippen LogP contribution in [0.3, 0.4) is 0 Å². The molecule has 0 bridgehead atoms. The molecule has 1 N–H and O–H groups in total. The molecule has 3 aromatic carbocycles. The number of rotatable bonds is 6. The van der Waals surface area contributed by atoms with Gasteiger partial charge in [-0.3, -0.25) is 15.0 Å². The van der Waals surface area contributed by atoms with E-state index in [0.29, 0.717) is 4.91 Å². The second-order valence-electron chi connectivity index (χ2n) is 7.04. The molecule has 1 aliphatic rings. The predicted molar refractivity (Wildman–Crippen MR) is 123 cm³/mol. The highest BCUT2D eigenvalue weighted by atomic mass is 32.2. The van der Waals surface area contributed by atoms with Crippen LogP contribution in [0.4, 0.5) is 0 Å². The number of benzene rings is 3. The molecule has 6 heteroatoms. The molecule has 5 nitrogen and oxygen atoms in total. The second kappa shape index (κ2) is 9.53. The lowest BCUT2D eigenvalue weighted by Crippen LogP contribution is -2.44. The Bertz CT molecular complexity index is 1080. The van der Waals surface area contributed by atoms with Gasteiger partial charge in [0.15, 0.2) is 0 Å². The summed E-state index contributed by atoms with van der Waals surface area (Å²) >= 11 is 1.42. The number of hydrazine groups is 1. The van der Waals surface area contributed by atoms with Gasteiger partial charge in [0.05, 0.1) is 18.4 Å². The minimum Gasteiger partial charge on any atom is -0.497 e. The van der Waals surface area contributed by atoms with Crippen molar-refractivity contribution >= 4 is 29.7 Å². The molecular formula is C25H22N2O3S. The third kappa shape index (κ3) is 4.98. The van der Waals surface area contributed by atoms with Gasteiger partial charge in [0, 0.05) is 0 Å².